The lowest BCUT2D eigenvalue weighted by Gasteiger charge is -2.02. The van der Waals surface area contributed by atoms with Crippen molar-refractivity contribution < 1.29 is 9.53 Å². The summed E-state index contributed by atoms with van der Waals surface area (Å²) in [6.07, 6.45) is 1.96. The zero-order valence-corrected chi connectivity index (χ0v) is 11.7. The van der Waals surface area contributed by atoms with Crippen LogP contribution in [0.3, 0.4) is 0 Å². The van der Waals surface area contributed by atoms with Crippen molar-refractivity contribution in [1.29, 1.82) is 0 Å². The van der Waals surface area contributed by atoms with Gasteiger partial charge in [0.15, 0.2) is 0 Å². The Kier molecular flexibility index (Phi) is 3.48. The number of ether oxygens (including phenoxy) is 1. The minimum absolute atomic E-state index is 0.316. The number of methoxy groups -OCH3 is 1. The number of carbonyl (C=O) groups excluding carboxylic acids is 1. The van der Waals surface area contributed by atoms with Crippen molar-refractivity contribution in [3.8, 4) is 0 Å². The Morgan fingerprint density at radius 1 is 1.15 bits per heavy atom. The number of nitrogens with one attached hydrogen (secondary N) is 1. The van der Waals surface area contributed by atoms with Crippen LogP contribution in [0.5, 0.6) is 0 Å². The quantitative estimate of drug-likeness (QED) is 0.736. The van der Waals surface area contributed by atoms with Gasteiger partial charge in [-0.05, 0) is 30.3 Å². The van der Waals surface area contributed by atoms with Gasteiger partial charge in [-0.1, -0.05) is 30.0 Å². The van der Waals surface area contributed by atoms with Gasteiger partial charge in [-0.25, -0.2) is 4.79 Å². The van der Waals surface area contributed by atoms with Gasteiger partial charge >= 0.3 is 5.97 Å². The molecule has 0 saturated heterocycles. The summed E-state index contributed by atoms with van der Waals surface area (Å²) < 4.78 is 4.76. The van der Waals surface area contributed by atoms with Gasteiger partial charge in [0.1, 0.15) is 0 Å². The zero-order valence-electron chi connectivity index (χ0n) is 10.9. The molecule has 0 bridgehead atoms. The molecule has 0 atom stereocenters. The molecule has 0 unspecified atom stereocenters. The molecule has 0 spiro atoms. The molecule has 0 amide bonds. The third-order valence-electron chi connectivity index (χ3n) is 3.04. The van der Waals surface area contributed by atoms with E-state index >= 15 is 0 Å². The monoisotopic (exact) mass is 283 g/mol. The van der Waals surface area contributed by atoms with E-state index in [2.05, 4.69) is 17.1 Å². The van der Waals surface area contributed by atoms with Gasteiger partial charge in [-0.2, -0.15) is 0 Å². The molecule has 0 aliphatic carbocycles. The number of hydrogen-bond acceptors (Lipinski definition) is 3. The Balaban J connectivity index is 2.01. The number of esters is 1. The number of rotatable bonds is 3. The van der Waals surface area contributed by atoms with Gasteiger partial charge in [-0.3, -0.25) is 0 Å². The fourth-order valence-corrected chi connectivity index (χ4v) is 2.98. The lowest BCUT2D eigenvalue weighted by molar-refractivity contribution is 0.0601. The average molecular weight is 283 g/mol. The standard InChI is InChI=1S/C16H13NO2S/c1-19-16(18)11-7-8-14-13(9-11)15(10-17-14)20-12-5-3-2-4-6-12/h2-10,17H,1H3. The Labute approximate surface area is 121 Å². The molecule has 4 heteroatoms. The van der Waals surface area contributed by atoms with Crippen LogP contribution in [0, 0.1) is 0 Å². The molecule has 0 radical (unpaired) electrons. The van der Waals surface area contributed by atoms with E-state index in [4.69, 9.17) is 4.74 Å². The highest BCUT2D eigenvalue weighted by atomic mass is 32.2. The number of aromatic nitrogens is 1. The molecule has 3 nitrogen and oxygen atoms in total. The average Bonchev–Trinajstić information content (AvgIpc) is 2.90. The molecule has 1 N–H and O–H groups in total. The maximum Gasteiger partial charge on any atom is 0.337 e. The molecule has 1 heterocycles. The van der Waals surface area contributed by atoms with Gasteiger partial charge in [-0.15, -0.1) is 0 Å². The molecule has 3 rings (SSSR count). The minimum atomic E-state index is -0.316. The van der Waals surface area contributed by atoms with E-state index in [1.54, 1.807) is 17.8 Å². The lowest BCUT2D eigenvalue weighted by atomic mass is 10.1. The van der Waals surface area contributed by atoms with Crippen molar-refractivity contribution >= 4 is 28.6 Å². The summed E-state index contributed by atoms with van der Waals surface area (Å²) in [7, 11) is 1.39. The van der Waals surface area contributed by atoms with Crippen molar-refractivity contribution in [3.05, 3.63) is 60.3 Å². The number of fused-ring (bicyclic) bond motifs is 1. The van der Waals surface area contributed by atoms with Crippen LogP contribution in [-0.4, -0.2) is 18.1 Å². The van der Waals surface area contributed by atoms with Crippen LogP contribution >= 0.6 is 11.8 Å². The smallest absolute Gasteiger partial charge is 0.337 e. The van der Waals surface area contributed by atoms with Gasteiger partial charge in [0.2, 0.25) is 0 Å². The topological polar surface area (TPSA) is 42.1 Å². The van der Waals surface area contributed by atoms with Crippen molar-refractivity contribution in [2.75, 3.05) is 7.11 Å². The largest absolute Gasteiger partial charge is 0.465 e. The Morgan fingerprint density at radius 2 is 1.95 bits per heavy atom. The summed E-state index contributed by atoms with van der Waals surface area (Å²) in [5, 5.41) is 1.03. The highest BCUT2D eigenvalue weighted by Gasteiger charge is 2.10. The summed E-state index contributed by atoms with van der Waals surface area (Å²) in [4.78, 5) is 17.1. The van der Waals surface area contributed by atoms with Crippen LogP contribution in [0.4, 0.5) is 0 Å². The first-order chi connectivity index (χ1) is 9.78. The number of benzene rings is 2. The van der Waals surface area contributed by atoms with Gasteiger partial charge < -0.3 is 9.72 Å². The molecule has 20 heavy (non-hydrogen) atoms. The van der Waals surface area contributed by atoms with E-state index in [1.165, 1.54) is 7.11 Å². The van der Waals surface area contributed by atoms with Crippen LogP contribution in [0.25, 0.3) is 10.9 Å². The molecular formula is C16H13NO2S. The fourth-order valence-electron chi connectivity index (χ4n) is 2.04. The summed E-state index contributed by atoms with van der Waals surface area (Å²) in [5.74, 6) is -0.316. The van der Waals surface area contributed by atoms with E-state index in [-0.39, 0.29) is 5.97 Å². The lowest BCUT2D eigenvalue weighted by Crippen LogP contribution is -2.00. The SMILES string of the molecule is COC(=O)c1ccc2[nH]cc(Sc3ccccc3)c2c1. The molecule has 2 aromatic carbocycles. The predicted octanol–water partition coefficient (Wildman–Crippen LogP) is 4.11. The minimum Gasteiger partial charge on any atom is -0.465 e. The number of hydrogen-bond donors (Lipinski definition) is 1. The highest BCUT2D eigenvalue weighted by Crippen LogP contribution is 2.33. The van der Waals surface area contributed by atoms with Crippen LogP contribution in [0.1, 0.15) is 10.4 Å². The Bertz CT molecular complexity index is 750. The maximum atomic E-state index is 11.6. The van der Waals surface area contributed by atoms with Crippen molar-refractivity contribution in [2.24, 2.45) is 0 Å². The van der Waals surface area contributed by atoms with Gasteiger partial charge in [0, 0.05) is 26.9 Å². The van der Waals surface area contributed by atoms with E-state index in [9.17, 15) is 4.79 Å². The van der Waals surface area contributed by atoms with Crippen molar-refractivity contribution in [1.82, 2.24) is 4.98 Å². The zero-order chi connectivity index (χ0) is 13.9. The second kappa shape index (κ2) is 5.43. The molecule has 1 aromatic heterocycles. The maximum absolute atomic E-state index is 11.6. The highest BCUT2D eigenvalue weighted by molar-refractivity contribution is 7.99. The van der Waals surface area contributed by atoms with Crippen LogP contribution in [-0.2, 0) is 4.74 Å². The second-order valence-electron chi connectivity index (χ2n) is 4.32. The van der Waals surface area contributed by atoms with Crippen LogP contribution in [0.15, 0.2) is 64.5 Å². The first-order valence-corrected chi connectivity index (χ1v) is 7.02. The number of aromatic amines is 1. The number of carbonyl (C=O) groups is 1. The van der Waals surface area contributed by atoms with E-state index < -0.39 is 0 Å². The van der Waals surface area contributed by atoms with Crippen molar-refractivity contribution in [2.45, 2.75) is 9.79 Å². The van der Waals surface area contributed by atoms with Gasteiger partial charge in [0.05, 0.1) is 12.7 Å². The predicted molar refractivity (Wildman–Crippen MR) is 80.2 cm³/mol. The third-order valence-corrected chi connectivity index (χ3v) is 4.10. The first kappa shape index (κ1) is 12.8. The van der Waals surface area contributed by atoms with E-state index in [0.29, 0.717) is 5.56 Å². The Hall–Kier alpha value is -2.20. The van der Waals surface area contributed by atoms with E-state index in [0.717, 1.165) is 20.7 Å². The van der Waals surface area contributed by atoms with Gasteiger partial charge in [0.25, 0.3) is 0 Å². The normalized spacial score (nSPS) is 10.7. The third kappa shape index (κ3) is 2.42. The summed E-state index contributed by atoms with van der Waals surface area (Å²) in [6.45, 7) is 0. The summed E-state index contributed by atoms with van der Waals surface area (Å²) in [5.41, 5.74) is 1.57. The van der Waals surface area contributed by atoms with E-state index in [1.807, 2.05) is 36.5 Å². The van der Waals surface area contributed by atoms with Crippen LogP contribution < -0.4 is 0 Å². The van der Waals surface area contributed by atoms with Crippen molar-refractivity contribution in [3.63, 3.8) is 0 Å². The fraction of sp³-hybridized carbons (Fsp3) is 0.0625. The molecule has 100 valence electrons. The Morgan fingerprint density at radius 3 is 2.70 bits per heavy atom. The molecule has 0 aliphatic rings. The van der Waals surface area contributed by atoms with Crippen LogP contribution in [0.2, 0.25) is 0 Å². The molecule has 0 saturated carbocycles. The first-order valence-electron chi connectivity index (χ1n) is 6.20. The molecule has 0 fully saturated rings. The summed E-state index contributed by atoms with van der Waals surface area (Å²) in [6, 6.07) is 15.7. The molecule has 3 aromatic rings. The number of H-pyrrole nitrogens is 1. The molecule has 0 aliphatic heterocycles. The second-order valence-corrected chi connectivity index (χ2v) is 5.44. The summed E-state index contributed by atoms with van der Waals surface area (Å²) >= 11 is 1.67. The molecular weight excluding hydrogens is 270 g/mol.